The van der Waals surface area contributed by atoms with E-state index in [1.54, 1.807) is 48.6 Å². The highest BCUT2D eigenvalue weighted by Crippen LogP contribution is 2.38. The number of carbonyl (C=O) groups excluding carboxylic acids is 2. The molecule has 2 amide bonds. The Balaban J connectivity index is 1.39. The van der Waals surface area contributed by atoms with Crippen molar-refractivity contribution in [3.8, 4) is 17.2 Å². The monoisotopic (exact) mass is 566 g/mol. The van der Waals surface area contributed by atoms with Crippen molar-refractivity contribution in [2.45, 2.75) is 31.6 Å². The van der Waals surface area contributed by atoms with Gasteiger partial charge in [-0.15, -0.1) is 0 Å². The van der Waals surface area contributed by atoms with E-state index in [-0.39, 0.29) is 35.9 Å². The minimum atomic E-state index is -0.308. The average molecular weight is 567 g/mol. The molecular weight excluding hydrogens is 530 g/mol. The van der Waals surface area contributed by atoms with Crippen LogP contribution in [0.5, 0.6) is 17.2 Å². The zero-order valence-electron chi connectivity index (χ0n) is 23.5. The fraction of sp³-hybridized carbons (Fsp3) is 0.312. The molecule has 0 aliphatic rings. The number of hydrogen-bond acceptors (Lipinski definition) is 5. The van der Waals surface area contributed by atoms with Gasteiger partial charge < -0.3 is 24.8 Å². The lowest BCUT2D eigenvalue weighted by Crippen LogP contribution is -2.25. The molecule has 0 fully saturated rings. The van der Waals surface area contributed by atoms with E-state index in [1.165, 1.54) is 45.6 Å². The number of ether oxygens (including phenoxy) is 3. The molecule has 9 heteroatoms. The van der Waals surface area contributed by atoms with Gasteiger partial charge in [0.2, 0.25) is 11.7 Å². The number of methoxy groups -OCH3 is 3. The van der Waals surface area contributed by atoms with Crippen LogP contribution < -0.4 is 24.8 Å². The largest absolute Gasteiger partial charge is 0.493 e. The highest BCUT2D eigenvalue weighted by Gasteiger charge is 2.17. The summed E-state index contributed by atoms with van der Waals surface area (Å²) < 4.78 is 42.7. The van der Waals surface area contributed by atoms with Gasteiger partial charge in [0.25, 0.3) is 5.91 Å². The normalized spacial score (nSPS) is 11.0. The van der Waals surface area contributed by atoms with Gasteiger partial charge in [0.1, 0.15) is 11.6 Å². The Bertz CT molecular complexity index is 1240. The molecule has 0 unspecified atom stereocenters. The van der Waals surface area contributed by atoms with Crippen LogP contribution in [0, 0.1) is 11.6 Å². The second-order valence-corrected chi connectivity index (χ2v) is 9.30. The maximum Gasteiger partial charge on any atom is 0.251 e. The van der Waals surface area contributed by atoms with Crippen LogP contribution in [0.4, 0.5) is 8.78 Å². The smallest absolute Gasteiger partial charge is 0.251 e. The summed E-state index contributed by atoms with van der Waals surface area (Å²) in [6.07, 6.45) is 6.09. The molecule has 0 aliphatic heterocycles. The van der Waals surface area contributed by atoms with Gasteiger partial charge in [-0.3, -0.25) is 9.59 Å². The zero-order valence-corrected chi connectivity index (χ0v) is 23.5. The lowest BCUT2D eigenvalue weighted by Gasteiger charge is -2.18. The fourth-order valence-corrected chi connectivity index (χ4v) is 4.44. The molecule has 0 aliphatic carbocycles. The van der Waals surface area contributed by atoms with Gasteiger partial charge in [0, 0.05) is 31.0 Å². The molecule has 0 heterocycles. The summed E-state index contributed by atoms with van der Waals surface area (Å²) in [7, 11) is 4.45. The van der Waals surface area contributed by atoms with E-state index in [0.717, 1.165) is 24.0 Å². The molecule has 0 aromatic heterocycles. The first-order chi connectivity index (χ1) is 19.9. The Morgan fingerprint density at radius 1 is 0.756 bits per heavy atom. The number of halogens is 2. The molecule has 0 bridgehead atoms. The van der Waals surface area contributed by atoms with E-state index in [2.05, 4.69) is 10.6 Å². The fourth-order valence-electron chi connectivity index (χ4n) is 4.44. The van der Waals surface area contributed by atoms with E-state index < -0.39 is 0 Å². The second-order valence-electron chi connectivity index (χ2n) is 9.30. The van der Waals surface area contributed by atoms with Crippen molar-refractivity contribution in [2.75, 3.05) is 34.4 Å². The molecule has 41 heavy (non-hydrogen) atoms. The third-order valence-corrected chi connectivity index (χ3v) is 6.58. The van der Waals surface area contributed by atoms with Crippen LogP contribution in [0.2, 0.25) is 0 Å². The van der Waals surface area contributed by atoms with Gasteiger partial charge in [-0.2, -0.15) is 0 Å². The average Bonchev–Trinajstić information content (AvgIpc) is 2.99. The number of nitrogens with one attached hydrogen (secondary N) is 2. The number of unbranched alkanes of at least 4 members (excludes halogenated alkanes) is 1. The summed E-state index contributed by atoms with van der Waals surface area (Å²) in [6.45, 7) is 0.617. The number of hydrogen-bond donors (Lipinski definition) is 2. The van der Waals surface area contributed by atoms with E-state index >= 15 is 0 Å². The Morgan fingerprint density at radius 2 is 1.27 bits per heavy atom. The Hall–Kier alpha value is -4.40. The maximum absolute atomic E-state index is 13.4. The summed E-state index contributed by atoms with van der Waals surface area (Å²) in [4.78, 5) is 24.8. The zero-order chi connectivity index (χ0) is 29.6. The number of carbonyl (C=O) groups is 2. The van der Waals surface area contributed by atoms with Crippen LogP contribution in [-0.4, -0.2) is 46.2 Å². The molecule has 0 saturated carbocycles. The van der Waals surface area contributed by atoms with Crippen LogP contribution >= 0.6 is 0 Å². The van der Waals surface area contributed by atoms with Gasteiger partial charge in [0.15, 0.2) is 11.5 Å². The van der Waals surface area contributed by atoms with Crippen LogP contribution in [0.1, 0.15) is 53.1 Å². The molecular formula is C32H36F2N2O5. The molecule has 7 nitrogen and oxygen atoms in total. The van der Waals surface area contributed by atoms with Gasteiger partial charge >= 0.3 is 0 Å². The Morgan fingerprint density at radius 3 is 1.76 bits per heavy atom. The van der Waals surface area contributed by atoms with Crippen LogP contribution in [0.15, 0.2) is 72.8 Å². The van der Waals surface area contributed by atoms with Gasteiger partial charge in [0.05, 0.1) is 21.3 Å². The molecule has 3 aromatic rings. The lowest BCUT2D eigenvalue weighted by molar-refractivity contribution is -0.121. The minimum absolute atomic E-state index is 0.0162. The van der Waals surface area contributed by atoms with E-state index in [4.69, 9.17) is 14.2 Å². The van der Waals surface area contributed by atoms with Crippen molar-refractivity contribution in [3.05, 3.63) is 101 Å². The summed E-state index contributed by atoms with van der Waals surface area (Å²) in [5.41, 5.74) is 2.26. The number of rotatable bonds is 15. The van der Waals surface area contributed by atoms with Crippen molar-refractivity contribution in [2.24, 2.45) is 0 Å². The SMILES string of the molecule is COc1cc(C(=O)NC/C=C\CNC(=O)CCCCC(c2ccc(F)cc2)c2ccc(F)cc2)cc(OC)c1OC. The van der Waals surface area contributed by atoms with Gasteiger partial charge in [-0.25, -0.2) is 8.78 Å². The molecule has 0 spiro atoms. The Labute approximate surface area is 239 Å². The van der Waals surface area contributed by atoms with Crippen molar-refractivity contribution >= 4 is 11.8 Å². The lowest BCUT2D eigenvalue weighted by atomic mass is 9.87. The Kier molecular flexibility index (Phi) is 12.2. The van der Waals surface area contributed by atoms with Crippen molar-refractivity contribution < 1.29 is 32.6 Å². The molecule has 0 radical (unpaired) electrons. The van der Waals surface area contributed by atoms with E-state index in [0.29, 0.717) is 42.2 Å². The van der Waals surface area contributed by atoms with Gasteiger partial charge in [-0.1, -0.05) is 42.8 Å². The van der Waals surface area contributed by atoms with Crippen LogP contribution in [0.3, 0.4) is 0 Å². The van der Waals surface area contributed by atoms with Crippen LogP contribution in [0.25, 0.3) is 0 Å². The molecule has 3 rings (SSSR count). The molecule has 2 N–H and O–H groups in total. The van der Waals surface area contributed by atoms with Crippen molar-refractivity contribution in [3.63, 3.8) is 0 Å². The van der Waals surface area contributed by atoms with Gasteiger partial charge in [-0.05, 0) is 60.4 Å². The quantitative estimate of drug-likeness (QED) is 0.180. The first kappa shape index (κ1) is 31.1. The molecule has 0 saturated heterocycles. The first-order valence-corrected chi connectivity index (χ1v) is 13.4. The highest BCUT2D eigenvalue weighted by atomic mass is 19.1. The first-order valence-electron chi connectivity index (χ1n) is 13.4. The van der Waals surface area contributed by atoms with Crippen LogP contribution in [-0.2, 0) is 4.79 Å². The summed E-state index contributed by atoms with van der Waals surface area (Å²) in [6, 6.07) is 15.8. The standard InChI is InChI=1S/C32H36F2N2O5/c1-39-28-20-24(21-29(40-2)31(28)41-3)32(38)36-19-7-6-18-35-30(37)9-5-4-8-27(22-10-14-25(33)15-11-22)23-12-16-26(34)17-13-23/h6-7,10-17,20-21,27H,4-5,8-9,18-19H2,1-3H3,(H,35,37)(H,36,38)/b7-6-. The number of benzene rings is 3. The third kappa shape index (κ3) is 9.34. The molecule has 0 atom stereocenters. The van der Waals surface area contributed by atoms with E-state index in [1.807, 2.05) is 0 Å². The molecule has 218 valence electrons. The predicted molar refractivity (Wildman–Crippen MR) is 154 cm³/mol. The minimum Gasteiger partial charge on any atom is -0.493 e. The number of amides is 2. The maximum atomic E-state index is 13.4. The summed E-state index contributed by atoms with van der Waals surface area (Å²) >= 11 is 0. The summed E-state index contributed by atoms with van der Waals surface area (Å²) in [5, 5.41) is 5.62. The third-order valence-electron chi connectivity index (χ3n) is 6.58. The topological polar surface area (TPSA) is 85.9 Å². The van der Waals surface area contributed by atoms with E-state index in [9.17, 15) is 18.4 Å². The second kappa shape index (κ2) is 16.0. The highest BCUT2D eigenvalue weighted by molar-refractivity contribution is 5.95. The predicted octanol–water partition coefficient (Wildman–Crippen LogP) is 5.79. The van der Waals surface area contributed by atoms with Crippen molar-refractivity contribution in [1.29, 1.82) is 0 Å². The molecule has 3 aromatic carbocycles. The van der Waals surface area contributed by atoms with Crippen molar-refractivity contribution in [1.82, 2.24) is 10.6 Å². The summed E-state index contributed by atoms with van der Waals surface area (Å²) in [5.74, 6) is 0.166.